The molecule has 1 rings (SSSR count). The minimum Gasteiger partial charge on any atom is -0.432 e. The Kier molecular flexibility index (Phi) is 9.13. The SMILES string of the molecule is CCCCC(CC)COC(=O)OOOC(=O)c1ccc(C(C)(C)C)cc1. The Morgan fingerprint density at radius 2 is 1.69 bits per heavy atom. The van der Waals surface area contributed by atoms with Gasteiger partial charge in [-0.3, -0.25) is 4.89 Å². The van der Waals surface area contributed by atoms with Crippen molar-refractivity contribution >= 4 is 12.1 Å². The van der Waals surface area contributed by atoms with Crippen LogP contribution in [0.4, 0.5) is 4.79 Å². The van der Waals surface area contributed by atoms with Gasteiger partial charge in [0.2, 0.25) is 0 Å². The Morgan fingerprint density at radius 3 is 2.23 bits per heavy atom. The molecule has 1 aromatic rings. The fourth-order valence-corrected chi connectivity index (χ4v) is 2.34. The van der Waals surface area contributed by atoms with E-state index in [0.29, 0.717) is 5.56 Å². The number of rotatable bonds is 9. The van der Waals surface area contributed by atoms with Gasteiger partial charge in [-0.15, -0.1) is 0 Å². The van der Waals surface area contributed by atoms with Crippen molar-refractivity contribution in [2.24, 2.45) is 5.92 Å². The largest absolute Gasteiger partial charge is 0.543 e. The highest BCUT2D eigenvalue weighted by Crippen LogP contribution is 2.22. The number of ether oxygens (including phenoxy) is 1. The predicted octanol–water partition coefficient (Wildman–Crippen LogP) is 5.36. The molecule has 0 spiro atoms. The number of hydrogen-bond donors (Lipinski definition) is 0. The fourth-order valence-electron chi connectivity index (χ4n) is 2.34. The molecule has 0 saturated heterocycles. The third-order valence-corrected chi connectivity index (χ3v) is 4.18. The first kappa shape index (κ1) is 22.0. The smallest absolute Gasteiger partial charge is 0.432 e. The Labute approximate surface area is 155 Å². The molecule has 6 heteroatoms. The van der Waals surface area contributed by atoms with E-state index in [-0.39, 0.29) is 17.9 Å². The van der Waals surface area contributed by atoms with E-state index in [1.54, 1.807) is 12.1 Å². The molecule has 146 valence electrons. The van der Waals surface area contributed by atoms with Crippen LogP contribution in [0.2, 0.25) is 0 Å². The van der Waals surface area contributed by atoms with E-state index in [0.717, 1.165) is 31.2 Å². The first-order valence-electron chi connectivity index (χ1n) is 9.10. The van der Waals surface area contributed by atoms with Crippen LogP contribution < -0.4 is 0 Å². The van der Waals surface area contributed by atoms with Crippen molar-refractivity contribution in [1.29, 1.82) is 0 Å². The van der Waals surface area contributed by atoms with E-state index in [1.165, 1.54) is 0 Å². The maximum absolute atomic E-state index is 11.8. The Hall–Kier alpha value is -2.08. The average molecular weight is 366 g/mol. The summed E-state index contributed by atoms with van der Waals surface area (Å²) in [6, 6.07) is 6.94. The lowest BCUT2D eigenvalue weighted by atomic mass is 9.87. The summed E-state index contributed by atoms with van der Waals surface area (Å²) in [5, 5.41) is 4.23. The molecule has 0 fully saturated rings. The number of unbranched alkanes of at least 4 members (excludes halogenated alkanes) is 1. The fraction of sp³-hybridized carbons (Fsp3) is 0.600. The van der Waals surface area contributed by atoms with Crippen molar-refractivity contribution in [3.63, 3.8) is 0 Å². The summed E-state index contributed by atoms with van der Waals surface area (Å²) < 4.78 is 4.96. The lowest BCUT2D eigenvalue weighted by Gasteiger charge is -2.18. The maximum Gasteiger partial charge on any atom is 0.543 e. The second kappa shape index (κ2) is 10.8. The second-order valence-corrected chi connectivity index (χ2v) is 7.33. The summed E-state index contributed by atoms with van der Waals surface area (Å²) in [4.78, 5) is 32.1. The van der Waals surface area contributed by atoms with Gasteiger partial charge in [-0.1, -0.05) is 66.0 Å². The molecule has 0 N–H and O–H groups in total. The highest BCUT2D eigenvalue weighted by atomic mass is 17.5. The Balaban J connectivity index is 2.33. The van der Waals surface area contributed by atoms with Crippen LogP contribution in [0.3, 0.4) is 0 Å². The van der Waals surface area contributed by atoms with Gasteiger partial charge in [0.1, 0.15) is 0 Å². The van der Waals surface area contributed by atoms with Crippen molar-refractivity contribution in [3.8, 4) is 0 Å². The molecule has 0 saturated carbocycles. The maximum atomic E-state index is 11.8. The molecule has 1 aromatic carbocycles. The lowest BCUT2D eigenvalue weighted by Crippen LogP contribution is -2.16. The van der Waals surface area contributed by atoms with Crippen molar-refractivity contribution in [3.05, 3.63) is 35.4 Å². The summed E-state index contributed by atoms with van der Waals surface area (Å²) in [6.07, 6.45) is 3.04. The van der Waals surface area contributed by atoms with Gasteiger partial charge >= 0.3 is 12.1 Å². The lowest BCUT2D eigenvalue weighted by molar-refractivity contribution is -0.452. The number of carbonyl (C=O) groups excluding carboxylic acids is 2. The molecule has 0 aromatic heterocycles. The molecule has 6 nitrogen and oxygen atoms in total. The molecule has 0 aliphatic rings. The van der Waals surface area contributed by atoms with E-state index in [2.05, 4.69) is 42.5 Å². The van der Waals surface area contributed by atoms with Crippen LogP contribution >= 0.6 is 0 Å². The van der Waals surface area contributed by atoms with Gasteiger partial charge in [-0.25, -0.2) is 14.5 Å². The number of hydrogen-bond acceptors (Lipinski definition) is 6. The minimum absolute atomic E-state index is 0.0146. The molecule has 0 radical (unpaired) electrons. The number of benzene rings is 1. The zero-order valence-electron chi connectivity index (χ0n) is 16.4. The van der Waals surface area contributed by atoms with Crippen molar-refractivity contribution in [1.82, 2.24) is 0 Å². The van der Waals surface area contributed by atoms with E-state index < -0.39 is 12.1 Å². The first-order chi connectivity index (χ1) is 12.3. The topological polar surface area (TPSA) is 71.1 Å². The summed E-state index contributed by atoms with van der Waals surface area (Å²) in [7, 11) is 0. The van der Waals surface area contributed by atoms with Gasteiger partial charge in [0, 0.05) is 0 Å². The van der Waals surface area contributed by atoms with Crippen molar-refractivity contribution in [2.45, 2.75) is 65.7 Å². The van der Waals surface area contributed by atoms with Crippen LogP contribution in [0.25, 0.3) is 0 Å². The molecule has 0 heterocycles. The van der Waals surface area contributed by atoms with Crippen LogP contribution in [-0.2, 0) is 25.0 Å². The van der Waals surface area contributed by atoms with Crippen LogP contribution in [0.1, 0.15) is 76.2 Å². The third-order valence-electron chi connectivity index (χ3n) is 4.18. The number of carbonyl (C=O) groups is 2. The highest BCUT2D eigenvalue weighted by Gasteiger charge is 2.17. The Bertz CT molecular complexity index is 559. The monoisotopic (exact) mass is 366 g/mol. The van der Waals surface area contributed by atoms with Gasteiger partial charge in [-0.05, 0) is 35.4 Å². The van der Waals surface area contributed by atoms with E-state index in [1.807, 2.05) is 19.1 Å². The molecule has 0 aliphatic carbocycles. The zero-order valence-corrected chi connectivity index (χ0v) is 16.4. The van der Waals surface area contributed by atoms with Gasteiger partial charge < -0.3 is 4.74 Å². The standard InChI is InChI=1S/C20H30O6/c1-6-8-9-15(7-2)14-23-19(22)25-26-24-18(21)16-10-12-17(13-11-16)20(3,4)5/h10-13,15H,6-9,14H2,1-5H3. The highest BCUT2D eigenvalue weighted by molar-refractivity contribution is 5.88. The normalized spacial score (nSPS) is 12.3. The molecule has 0 amide bonds. The molecule has 1 unspecified atom stereocenters. The summed E-state index contributed by atoms with van der Waals surface area (Å²) in [5.41, 5.74) is 1.36. The third kappa shape index (κ3) is 7.87. The Morgan fingerprint density at radius 1 is 1.04 bits per heavy atom. The van der Waals surface area contributed by atoms with Gasteiger partial charge in [0.25, 0.3) is 0 Å². The van der Waals surface area contributed by atoms with Crippen molar-refractivity contribution in [2.75, 3.05) is 6.61 Å². The van der Waals surface area contributed by atoms with E-state index in [9.17, 15) is 9.59 Å². The molecule has 26 heavy (non-hydrogen) atoms. The zero-order chi connectivity index (χ0) is 19.6. The summed E-state index contributed by atoms with van der Waals surface area (Å²) >= 11 is 0. The predicted molar refractivity (Wildman–Crippen MR) is 97.4 cm³/mol. The summed E-state index contributed by atoms with van der Waals surface area (Å²) in [5.74, 6) is -0.473. The first-order valence-corrected chi connectivity index (χ1v) is 9.10. The molecular formula is C20H30O6. The van der Waals surface area contributed by atoms with E-state index >= 15 is 0 Å². The average Bonchev–Trinajstić information content (AvgIpc) is 2.61. The van der Waals surface area contributed by atoms with Crippen LogP contribution in [0, 0.1) is 5.92 Å². The van der Waals surface area contributed by atoms with Crippen LogP contribution in [0.5, 0.6) is 0 Å². The molecule has 1 atom stereocenters. The van der Waals surface area contributed by atoms with Crippen molar-refractivity contribution < 1.29 is 29.1 Å². The van der Waals surface area contributed by atoms with Crippen LogP contribution in [0.15, 0.2) is 24.3 Å². The minimum atomic E-state index is -1.03. The van der Waals surface area contributed by atoms with E-state index in [4.69, 9.17) is 4.74 Å². The second-order valence-electron chi connectivity index (χ2n) is 7.33. The molecule has 0 aliphatic heterocycles. The molecular weight excluding hydrogens is 336 g/mol. The van der Waals surface area contributed by atoms with Gasteiger partial charge in [-0.2, -0.15) is 0 Å². The quantitative estimate of drug-likeness (QED) is 0.333. The van der Waals surface area contributed by atoms with Crippen LogP contribution in [-0.4, -0.2) is 18.7 Å². The van der Waals surface area contributed by atoms with Gasteiger partial charge in [0.15, 0.2) is 0 Å². The molecule has 0 bridgehead atoms. The van der Waals surface area contributed by atoms with Gasteiger partial charge in [0.05, 0.1) is 17.2 Å². The summed E-state index contributed by atoms with van der Waals surface area (Å²) in [6.45, 7) is 10.6.